The van der Waals surface area contributed by atoms with Gasteiger partial charge in [0, 0.05) is 62.0 Å². The van der Waals surface area contributed by atoms with Gasteiger partial charge in [-0.25, -0.2) is 4.39 Å². The number of nitrogens with zero attached hydrogens (tertiary/aromatic N) is 3. The number of likely N-dealkylation sites (tertiary alicyclic amines) is 1. The highest BCUT2D eigenvalue weighted by Gasteiger charge is 2.49. The third-order valence-electron chi connectivity index (χ3n) is 10.1. The van der Waals surface area contributed by atoms with E-state index >= 15 is 4.39 Å². The Kier molecular flexibility index (Phi) is 10.5. The minimum Gasteiger partial charge on any atom is -0.369 e. The number of benzene rings is 1. The lowest BCUT2D eigenvalue weighted by Gasteiger charge is -2.53. The molecule has 43 heavy (non-hydrogen) atoms. The van der Waals surface area contributed by atoms with Crippen molar-refractivity contribution in [2.24, 2.45) is 17.1 Å². The van der Waals surface area contributed by atoms with E-state index in [0.717, 1.165) is 84.0 Å². The van der Waals surface area contributed by atoms with Crippen LogP contribution in [0.15, 0.2) is 12.1 Å². The molecule has 0 aromatic heterocycles. The minimum absolute atomic E-state index is 0.113. The number of halogens is 1. The highest BCUT2D eigenvalue weighted by molar-refractivity contribution is 7.97. The van der Waals surface area contributed by atoms with Crippen LogP contribution in [0.4, 0.5) is 10.1 Å². The summed E-state index contributed by atoms with van der Waals surface area (Å²) >= 11 is 1.98. The van der Waals surface area contributed by atoms with Crippen molar-refractivity contribution in [1.82, 2.24) is 19.8 Å². The Morgan fingerprint density at radius 1 is 1.09 bits per heavy atom. The van der Waals surface area contributed by atoms with Crippen LogP contribution in [0.25, 0.3) is 0 Å². The van der Waals surface area contributed by atoms with Gasteiger partial charge >= 0.3 is 0 Å². The average Bonchev–Trinajstić information content (AvgIpc) is 2.97. The molecule has 0 radical (unpaired) electrons. The fourth-order valence-corrected chi connectivity index (χ4v) is 8.64. The van der Waals surface area contributed by atoms with Crippen LogP contribution in [0.1, 0.15) is 87.1 Å². The van der Waals surface area contributed by atoms with E-state index in [-0.39, 0.29) is 23.1 Å². The summed E-state index contributed by atoms with van der Waals surface area (Å²) in [5.41, 5.74) is 7.64. The Morgan fingerprint density at radius 2 is 1.77 bits per heavy atom. The number of hydrogen-bond donors (Lipinski definition) is 3. The van der Waals surface area contributed by atoms with Crippen molar-refractivity contribution in [3.63, 3.8) is 0 Å². The Balaban J connectivity index is 1.09. The Bertz CT molecular complexity index is 1140. The molecular weight excluding hydrogens is 567 g/mol. The van der Waals surface area contributed by atoms with Crippen molar-refractivity contribution in [2.45, 2.75) is 95.5 Å². The van der Waals surface area contributed by atoms with Gasteiger partial charge in [-0.1, -0.05) is 25.3 Å². The van der Waals surface area contributed by atoms with Gasteiger partial charge in [-0.3, -0.25) is 18.7 Å². The topological polar surface area (TPSA) is 111 Å². The molecule has 1 aliphatic carbocycles. The highest BCUT2D eigenvalue weighted by atomic mass is 32.2. The van der Waals surface area contributed by atoms with Gasteiger partial charge in [-0.2, -0.15) is 0 Å². The molecule has 5 rings (SSSR count). The van der Waals surface area contributed by atoms with E-state index in [0.29, 0.717) is 59.9 Å². The normalized spacial score (nSPS) is 22.7. The van der Waals surface area contributed by atoms with Crippen molar-refractivity contribution >= 4 is 35.9 Å². The number of piperidine rings is 3. The molecule has 3 saturated heterocycles. The number of anilines is 1. The molecule has 4 aliphatic rings. The maximum Gasteiger partial charge on any atom is 0.253 e. The lowest BCUT2D eigenvalue weighted by Crippen LogP contribution is -2.53. The molecule has 4 N–H and O–H groups in total. The standard InChI is InChI=1S/C32H49FN6O3S/c1-3-4-29(35-21-40)36-30(41)26-18-28(27(33)17-22(26)2)37-15-9-32(10-16-37)19-23(20-32)31(42)38-11-7-25(8-12-38)43-39-13-5-24(34)6-14-39/h17-18,21,23-25,29H,3-16,19-20,34H2,1-2H3,(H,35,40)(H,36,41). The number of amides is 3. The van der Waals surface area contributed by atoms with Gasteiger partial charge in [0.1, 0.15) is 12.0 Å². The third-order valence-corrected chi connectivity index (χ3v) is 11.5. The van der Waals surface area contributed by atoms with Crippen molar-refractivity contribution < 1.29 is 18.8 Å². The van der Waals surface area contributed by atoms with E-state index in [4.69, 9.17) is 5.73 Å². The molecule has 1 aromatic rings. The second kappa shape index (κ2) is 14.2. The molecule has 238 valence electrons. The summed E-state index contributed by atoms with van der Waals surface area (Å²) in [6, 6.07) is 3.43. The van der Waals surface area contributed by atoms with Crippen molar-refractivity contribution in [3.05, 3.63) is 29.1 Å². The zero-order valence-corrected chi connectivity index (χ0v) is 26.6. The average molecular weight is 617 g/mol. The van der Waals surface area contributed by atoms with E-state index in [1.807, 2.05) is 23.8 Å². The number of rotatable bonds is 10. The van der Waals surface area contributed by atoms with Gasteiger partial charge in [-0.05, 0) is 87.8 Å². The van der Waals surface area contributed by atoms with E-state index in [1.165, 1.54) is 6.07 Å². The monoisotopic (exact) mass is 616 g/mol. The fourth-order valence-electron chi connectivity index (χ4n) is 7.37. The van der Waals surface area contributed by atoms with E-state index in [1.54, 1.807) is 13.0 Å². The largest absolute Gasteiger partial charge is 0.369 e. The SMILES string of the molecule is CCCC(NC=O)NC(=O)c1cc(N2CCC3(CC2)CC(C(=O)N2CCC(SN4CCC(N)CC4)CC2)C3)c(F)cc1C. The maximum atomic E-state index is 15.1. The van der Waals surface area contributed by atoms with Gasteiger partial charge in [0.15, 0.2) is 0 Å². The highest BCUT2D eigenvalue weighted by Crippen LogP contribution is 2.53. The fraction of sp³-hybridized carbons (Fsp3) is 0.719. The Morgan fingerprint density at radius 3 is 2.40 bits per heavy atom. The van der Waals surface area contributed by atoms with Crippen LogP contribution in [0.5, 0.6) is 0 Å². The van der Waals surface area contributed by atoms with Crippen LogP contribution in [0, 0.1) is 24.1 Å². The van der Waals surface area contributed by atoms with Crippen molar-refractivity contribution in [1.29, 1.82) is 0 Å². The van der Waals surface area contributed by atoms with Gasteiger partial charge in [0.25, 0.3) is 5.91 Å². The summed E-state index contributed by atoms with van der Waals surface area (Å²) in [6.07, 6.45) is 9.49. The number of aryl methyl sites for hydroxylation is 1. The maximum absolute atomic E-state index is 15.1. The van der Waals surface area contributed by atoms with Gasteiger partial charge in [-0.15, -0.1) is 0 Å². The summed E-state index contributed by atoms with van der Waals surface area (Å²) < 4.78 is 17.6. The van der Waals surface area contributed by atoms with E-state index in [2.05, 4.69) is 19.8 Å². The van der Waals surface area contributed by atoms with Crippen LogP contribution >= 0.6 is 11.9 Å². The van der Waals surface area contributed by atoms with Crippen LogP contribution < -0.4 is 21.3 Å². The second-order valence-electron chi connectivity index (χ2n) is 13.2. The minimum atomic E-state index is -0.461. The molecule has 1 spiro atoms. The molecule has 1 saturated carbocycles. The molecule has 4 fully saturated rings. The number of nitrogens with two attached hydrogens (primary N) is 1. The van der Waals surface area contributed by atoms with Crippen LogP contribution in [-0.4, -0.2) is 84.2 Å². The van der Waals surface area contributed by atoms with Gasteiger partial charge < -0.3 is 26.2 Å². The predicted octanol–water partition coefficient (Wildman–Crippen LogP) is 3.80. The lowest BCUT2D eigenvalue weighted by molar-refractivity contribution is -0.145. The zero-order chi connectivity index (χ0) is 30.6. The van der Waals surface area contributed by atoms with Crippen LogP contribution in [0.2, 0.25) is 0 Å². The smallest absolute Gasteiger partial charge is 0.253 e. The first-order chi connectivity index (χ1) is 20.7. The summed E-state index contributed by atoms with van der Waals surface area (Å²) in [5.74, 6) is -0.208. The summed E-state index contributed by atoms with van der Waals surface area (Å²) in [5, 5.41) is 6.08. The molecule has 11 heteroatoms. The molecule has 1 unspecified atom stereocenters. The lowest BCUT2D eigenvalue weighted by atomic mass is 9.57. The summed E-state index contributed by atoms with van der Waals surface area (Å²) in [4.78, 5) is 41.4. The predicted molar refractivity (Wildman–Crippen MR) is 169 cm³/mol. The Hall–Kier alpha value is -2.37. The first-order valence-electron chi connectivity index (χ1n) is 16.2. The number of carbonyl (C=O) groups is 3. The zero-order valence-electron chi connectivity index (χ0n) is 25.8. The molecule has 1 atom stereocenters. The van der Waals surface area contributed by atoms with Crippen LogP contribution in [-0.2, 0) is 9.59 Å². The van der Waals surface area contributed by atoms with Gasteiger partial charge in [0.2, 0.25) is 12.3 Å². The first kappa shape index (κ1) is 32.0. The van der Waals surface area contributed by atoms with Crippen LogP contribution in [0.3, 0.4) is 0 Å². The van der Waals surface area contributed by atoms with Crippen molar-refractivity contribution in [3.8, 4) is 0 Å². The molecule has 3 amide bonds. The van der Waals surface area contributed by atoms with E-state index in [9.17, 15) is 14.4 Å². The molecule has 1 aromatic carbocycles. The first-order valence-corrected chi connectivity index (χ1v) is 17.1. The third kappa shape index (κ3) is 7.65. The number of hydrogen-bond acceptors (Lipinski definition) is 7. The molecule has 3 heterocycles. The second-order valence-corrected chi connectivity index (χ2v) is 14.6. The molecular formula is C32H49FN6O3S. The van der Waals surface area contributed by atoms with E-state index < -0.39 is 6.17 Å². The van der Waals surface area contributed by atoms with Crippen molar-refractivity contribution in [2.75, 3.05) is 44.2 Å². The molecule has 3 aliphatic heterocycles. The molecule has 9 nitrogen and oxygen atoms in total. The summed E-state index contributed by atoms with van der Waals surface area (Å²) in [7, 11) is 0. The summed E-state index contributed by atoms with van der Waals surface area (Å²) in [6.45, 7) is 8.97. The van der Waals surface area contributed by atoms with Gasteiger partial charge in [0.05, 0.1) is 5.69 Å². The number of carbonyl (C=O) groups excluding carboxylic acids is 3. The quantitative estimate of drug-likeness (QED) is 0.208. The number of nitrogens with one attached hydrogen (secondary N) is 2. The Labute approximate surface area is 260 Å². The molecule has 0 bridgehead atoms.